The summed E-state index contributed by atoms with van der Waals surface area (Å²) in [5, 5.41) is 3.92. The minimum atomic E-state index is -3.54. The van der Waals surface area contributed by atoms with Gasteiger partial charge in [-0.1, -0.05) is 0 Å². The Morgan fingerprint density at radius 2 is 2.27 bits per heavy atom. The molecule has 0 aromatic carbocycles. The minimum Gasteiger partial charge on any atom is -0.383 e. The van der Waals surface area contributed by atoms with Crippen LogP contribution in [0.5, 0.6) is 5.88 Å². The van der Waals surface area contributed by atoms with Crippen molar-refractivity contribution in [3.63, 3.8) is 0 Å². The van der Waals surface area contributed by atoms with Crippen molar-refractivity contribution in [1.29, 1.82) is 0 Å². The smallest absolute Gasteiger partial charge is 0.307 e. The van der Waals surface area contributed by atoms with Crippen LogP contribution in [0.1, 0.15) is 0 Å². The van der Waals surface area contributed by atoms with Gasteiger partial charge >= 0.3 is 10.1 Å². The summed E-state index contributed by atoms with van der Waals surface area (Å²) in [4.78, 5) is 0. The molecule has 15 heavy (non-hydrogen) atoms. The van der Waals surface area contributed by atoms with Crippen LogP contribution in [0.3, 0.4) is 0 Å². The second kappa shape index (κ2) is 4.95. The maximum Gasteiger partial charge on any atom is 0.307 e. The summed E-state index contributed by atoms with van der Waals surface area (Å²) in [6.07, 6.45) is 2.59. The number of rotatable bonds is 5. The normalized spacial score (nSPS) is 11.7. The van der Waals surface area contributed by atoms with Gasteiger partial charge in [0.2, 0.25) is 0 Å². The lowest BCUT2D eigenvalue weighted by atomic mass is 10.6. The molecule has 0 aliphatic carbocycles. The largest absolute Gasteiger partial charge is 0.383 e. The summed E-state index contributed by atoms with van der Waals surface area (Å²) < 4.78 is 33.3. The highest BCUT2D eigenvalue weighted by Gasteiger charge is 2.12. The van der Waals surface area contributed by atoms with Gasteiger partial charge in [-0.3, -0.25) is 4.68 Å². The third-order valence-electron chi connectivity index (χ3n) is 1.44. The van der Waals surface area contributed by atoms with Gasteiger partial charge in [0.15, 0.2) is 0 Å². The van der Waals surface area contributed by atoms with Crippen molar-refractivity contribution in [1.82, 2.24) is 9.78 Å². The summed E-state index contributed by atoms with van der Waals surface area (Å²) in [7, 11) is -1.97. The maximum atomic E-state index is 10.9. The number of methoxy groups -OCH3 is 1. The van der Waals surface area contributed by atoms with E-state index >= 15 is 0 Å². The Morgan fingerprint density at radius 1 is 1.60 bits per heavy atom. The molecule has 0 amide bonds. The highest BCUT2D eigenvalue weighted by atomic mass is 79.9. The summed E-state index contributed by atoms with van der Waals surface area (Å²) >= 11 is 3.15. The second-order valence-electron chi connectivity index (χ2n) is 2.83. The van der Waals surface area contributed by atoms with Gasteiger partial charge in [0.25, 0.3) is 5.88 Å². The van der Waals surface area contributed by atoms with Crippen LogP contribution in [0.25, 0.3) is 0 Å². The number of hydrogen-bond donors (Lipinski definition) is 0. The number of ether oxygens (including phenoxy) is 1. The molecular formula is C7H11BrN2O4S. The van der Waals surface area contributed by atoms with E-state index in [1.165, 1.54) is 4.68 Å². The molecule has 0 aliphatic rings. The Kier molecular flexibility index (Phi) is 4.12. The summed E-state index contributed by atoms with van der Waals surface area (Å²) in [6, 6.07) is 0. The maximum absolute atomic E-state index is 10.9. The number of aromatic nitrogens is 2. The number of hydrogen-bond acceptors (Lipinski definition) is 5. The summed E-state index contributed by atoms with van der Waals surface area (Å²) in [5.41, 5.74) is 0. The SMILES string of the molecule is COCCn1cc(Br)c(OS(C)(=O)=O)n1. The van der Waals surface area contributed by atoms with E-state index in [9.17, 15) is 8.42 Å². The third kappa shape index (κ3) is 4.18. The lowest BCUT2D eigenvalue weighted by Gasteiger charge is -1.99. The van der Waals surface area contributed by atoms with Crippen molar-refractivity contribution in [2.75, 3.05) is 20.0 Å². The van der Waals surface area contributed by atoms with Crippen molar-refractivity contribution in [2.24, 2.45) is 0 Å². The Hall–Kier alpha value is -0.600. The van der Waals surface area contributed by atoms with Crippen LogP contribution in [-0.4, -0.2) is 38.2 Å². The van der Waals surface area contributed by atoms with Crippen LogP contribution in [0, 0.1) is 0 Å². The van der Waals surface area contributed by atoms with Crippen LogP contribution < -0.4 is 4.18 Å². The van der Waals surface area contributed by atoms with Crippen molar-refractivity contribution in [3.8, 4) is 5.88 Å². The molecule has 8 heteroatoms. The average Bonchev–Trinajstić information content (AvgIpc) is 2.41. The van der Waals surface area contributed by atoms with Crippen LogP contribution in [0.4, 0.5) is 0 Å². The molecule has 0 atom stereocenters. The van der Waals surface area contributed by atoms with E-state index < -0.39 is 10.1 Å². The molecular weight excluding hydrogens is 288 g/mol. The molecule has 1 heterocycles. The van der Waals surface area contributed by atoms with E-state index in [0.717, 1.165) is 6.26 Å². The zero-order chi connectivity index (χ0) is 11.5. The van der Waals surface area contributed by atoms with Gasteiger partial charge in [-0.25, -0.2) is 0 Å². The van der Waals surface area contributed by atoms with Crippen LogP contribution >= 0.6 is 15.9 Å². The molecule has 1 rings (SSSR count). The molecule has 1 aromatic heterocycles. The zero-order valence-electron chi connectivity index (χ0n) is 8.31. The zero-order valence-corrected chi connectivity index (χ0v) is 10.7. The van der Waals surface area contributed by atoms with E-state index in [-0.39, 0.29) is 5.88 Å². The molecule has 0 unspecified atom stereocenters. The Morgan fingerprint density at radius 3 is 2.80 bits per heavy atom. The first-order valence-electron chi connectivity index (χ1n) is 4.03. The first kappa shape index (κ1) is 12.5. The average molecular weight is 299 g/mol. The van der Waals surface area contributed by atoms with Crippen molar-refractivity contribution in [2.45, 2.75) is 6.54 Å². The van der Waals surface area contributed by atoms with Gasteiger partial charge in [-0.2, -0.15) is 8.42 Å². The third-order valence-corrected chi connectivity index (χ3v) is 2.45. The van der Waals surface area contributed by atoms with Crippen LogP contribution in [0.2, 0.25) is 0 Å². The van der Waals surface area contributed by atoms with E-state index in [4.69, 9.17) is 4.74 Å². The second-order valence-corrected chi connectivity index (χ2v) is 5.25. The molecule has 0 saturated carbocycles. The van der Waals surface area contributed by atoms with Crippen molar-refractivity contribution < 1.29 is 17.3 Å². The van der Waals surface area contributed by atoms with E-state index in [0.29, 0.717) is 17.6 Å². The fourth-order valence-electron chi connectivity index (χ4n) is 0.879. The molecule has 0 saturated heterocycles. The number of nitrogens with zero attached hydrogens (tertiary/aromatic N) is 2. The van der Waals surface area contributed by atoms with Gasteiger partial charge in [0, 0.05) is 13.3 Å². The lowest BCUT2D eigenvalue weighted by Crippen LogP contribution is -2.08. The van der Waals surface area contributed by atoms with E-state index in [1.807, 2.05) is 0 Å². The molecule has 0 fully saturated rings. The van der Waals surface area contributed by atoms with Crippen molar-refractivity contribution in [3.05, 3.63) is 10.7 Å². The topological polar surface area (TPSA) is 70.4 Å². The lowest BCUT2D eigenvalue weighted by molar-refractivity contribution is 0.183. The predicted molar refractivity (Wildman–Crippen MR) is 57.3 cm³/mol. The minimum absolute atomic E-state index is 0.0357. The molecule has 0 radical (unpaired) electrons. The molecule has 0 bridgehead atoms. The van der Waals surface area contributed by atoms with Gasteiger partial charge in [-0.05, 0) is 15.9 Å². The molecule has 86 valence electrons. The number of halogens is 1. The van der Waals surface area contributed by atoms with Crippen LogP contribution in [-0.2, 0) is 21.4 Å². The van der Waals surface area contributed by atoms with E-state index in [2.05, 4.69) is 25.2 Å². The first-order valence-corrected chi connectivity index (χ1v) is 6.64. The predicted octanol–water partition coefficient (Wildman–Crippen LogP) is 0.630. The quantitative estimate of drug-likeness (QED) is 0.746. The fraction of sp³-hybridized carbons (Fsp3) is 0.571. The molecule has 1 aromatic rings. The molecule has 0 spiro atoms. The van der Waals surface area contributed by atoms with Crippen LogP contribution in [0.15, 0.2) is 10.7 Å². The monoisotopic (exact) mass is 298 g/mol. The highest BCUT2D eigenvalue weighted by Crippen LogP contribution is 2.23. The summed E-state index contributed by atoms with van der Waals surface area (Å²) in [5.74, 6) is 0.0357. The summed E-state index contributed by atoms with van der Waals surface area (Å²) in [6.45, 7) is 1.02. The van der Waals surface area contributed by atoms with Crippen molar-refractivity contribution >= 4 is 26.0 Å². The Bertz CT molecular complexity index is 428. The van der Waals surface area contributed by atoms with Gasteiger partial charge < -0.3 is 8.92 Å². The van der Waals surface area contributed by atoms with Gasteiger partial charge in [0.1, 0.15) is 4.47 Å². The van der Waals surface area contributed by atoms with E-state index in [1.54, 1.807) is 13.3 Å². The highest BCUT2D eigenvalue weighted by molar-refractivity contribution is 9.10. The Balaban J connectivity index is 2.77. The molecule has 0 N–H and O–H groups in total. The molecule has 6 nitrogen and oxygen atoms in total. The van der Waals surface area contributed by atoms with Gasteiger partial charge in [0.05, 0.1) is 19.4 Å². The first-order chi connectivity index (χ1) is 6.92. The fourth-order valence-corrected chi connectivity index (χ4v) is 1.79. The van der Waals surface area contributed by atoms with Gasteiger partial charge in [-0.15, -0.1) is 5.10 Å². The molecule has 0 aliphatic heterocycles. The standard InChI is InChI=1S/C7H11BrN2O4S/c1-13-4-3-10-5-6(8)7(9-10)14-15(2,11)12/h5H,3-4H2,1-2H3. The Labute approximate surface area is 96.4 Å².